The van der Waals surface area contributed by atoms with E-state index in [1.54, 1.807) is 25.3 Å². The highest BCUT2D eigenvalue weighted by atomic mass is 79.9. The second kappa shape index (κ2) is 9.12. The first-order chi connectivity index (χ1) is 16.5. The summed E-state index contributed by atoms with van der Waals surface area (Å²) in [5, 5.41) is 5.32. The van der Waals surface area contributed by atoms with Gasteiger partial charge in [-0.3, -0.25) is 4.79 Å². The molecule has 0 saturated carbocycles. The van der Waals surface area contributed by atoms with E-state index in [1.807, 2.05) is 48.5 Å². The van der Waals surface area contributed by atoms with Crippen LogP contribution in [-0.4, -0.2) is 18.0 Å². The molecule has 0 aliphatic heterocycles. The first-order valence-corrected chi connectivity index (χ1v) is 11.9. The molecule has 0 radical (unpaired) electrons. The van der Waals surface area contributed by atoms with Gasteiger partial charge < -0.3 is 14.5 Å². The number of amides is 1. The molecule has 34 heavy (non-hydrogen) atoms. The number of hydrogen-bond donors (Lipinski definition) is 1. The van der Waals surface area contributed by atoms with Gasteiger partial charge in [-0.05, 0) is 75.1 Å². The molecule has 1 aromatic heterocycles. The Balaban J connectivity index is 1.51. The molecule has 0 atom stereocenters. The van der Waals surface area contributed by atoms with E-state index in [4.69, 9.17) is 20.8 Å². The van der Waals surface area contributed by atoms with E-state index in [1.165, 1.54) is 5.56 Å². The number of nitrogens with zero attached hydrogens (tertiary/aromatic N) is 1. The predicted octanol–water partition coefficient (Wildman–Crippen LogP) is 7.89. The van der Waals surface area contributed by atoms with Gasteiger partial charge in [0.2, 0.25) is 5.89 Å². The van der Waals surface area contributed by atoms with E-state index in [0.717, 1.165) is 27.2 Å². The van der Waals surface area contributed by atoms with Gasteiger partial charge in [-0.2, -0.15) is 0 Å². The zero-order chi connectivity index (χ0) is 23.8. The van der Waals surface area contributed by atoms with Crippen molar-refractivity contribution in [1.29, 1.82) is 0 Å². The molecule has 170 valence electrons. The summed E-state index contributed by atoms with van der Waals surface area (Å²) >= 11 is 10.0. The fourth-order valence-electron chi connectivity index (χ4n) is 3.93. The summed E-state index contributed by atoms with van der Waals surface area (Å²) in [6.07, 6.45) is 0.911. The van der Waals surface area contributed by atoms with Crippen LogP contribution in [0.15, 0.2) is 75.6 Å². The number of fused-ring (bicyclic) bond motifs is 2. The number of ether oxygens (including phenoxy) is 1. The lowest BCUT2D eigenvalue weighted by atomic mass is 10.0. The Kier molecular flexibility index (Phi) is 6.02. The Hall–Kier alpha value is -3.35. The second-order valence-electron chi connectivity index (χ2n) is 7.82. The number of carbonyl (C=O) groups excluding carboxylic acids is 1. The van der Waals surface area contributed by atoms with Crippen molar-refractivity contribution in [2.75, 3.05) is 12.4 Å². The maximum absolute atomic E-state index is 13.2. The Bertz CT molecular complexity index is 1560. The molecular formula is C27H20BrClN2O3. The first kappa shape index (κ1) is 22.4. The number of anilines is 1. The van der Waals surface area contributed by atoms with Crippen LogP contribution in [-0.2, 0) is 6.42 Å². The summed E-state index contributed by atoms with van der Waals surface area (Å²) in [4.78, 5) is 17.9. The van der Waals surface area contributed by atoms with Crippen molar-refractivity contribution in [3.05, 3.63) is 87.4 Å². The van der Waals surface area contributed by atoms with Gasteiger partial charge in [-0.15, -0.1) is 0 Å². The highest BCUT2D eigenvalue weighted by Crippen LogP contribution is 2.37. The Labute approximate surface area is 209 Å². The van der Waals surface area contributed by atoms with Crippen LogP contribution in [0.3, 0.4) is 0 Å². The summed E-state index contributed by atoms with van der Waals surface area (Å²) in [5.74, 6) is 0.563. The van der Waals surface area contributed by atoms with E-state index in [9.17, 15) is 4.79 Å². The molecular weight excluding hydrogens is 516 g/mol. The molecule has 7 heteroatoms. The summed E-state index contributed by atoms with van der Waals surface area (Å²) in [6.45, 7) is 2.09. The van der Waals surface area contributed by atoms with Gasteiger partial charge in [0.25, 0.3) is 5.91 Å². The van der Waals surface area contributed by atoms with Crippen LogP contribution < -0.4 is 10.1 Å². The molecule has 0 spiro atoms. The number of aromatic nitrogens is 1. The lowest BCUT2D eigenvalue weighted by molar-refractivity contribution is 0.102. The summed E-state index contributed by atoms with van der Waals surface area (Å²) in [5.41, 5.74) is 4.20. The molecule has 0 saturated heterocycles. The monoisotopic (exact) mass is 534 g/mol. The highest BCUT2D eigenvalue weighted by Gasteiger charge is 2.19. The van der Waals surface area contributed by atoms with Gasteiger partial charge >= 0.3 is 0 Å². The summed E-state index contributed by atoms with van der Waals surface area (Å²) in [6, 6.07) is 20.8. The van der Waals surface area contributed by atoms with Gasteiger partial charge in [0, 0.05) is 5.69 Å². The third kappa shape index (κ3) is 4.04. The summed E-state index contributed by atoms with van der Waals surface area (Å²) < 4.78 is 12.2. The number of hydrogen-bond acceptors (Lipinski definition) is 4. The average molecular weight is 536 g/mol. The normalized spacial score (nSPS) is 11.2. The Morgan fingerprint density at radius 2 is 1.94 bits per heavy atom. The average Bonchev–Trinajstić information content (AvgIpc) is 3.28. The maximum Gasteiger partial charge on any atom is 0.259 e. The van der Waals surface area contributed by atoms with Crippen molar-refractivity contribution in [3.63, 3.8) is 0 Å². The lowest BCUT2D eigenvalue weighted by Gasteiger charge is -2.14. The second-order valence-corrected chi connectivity index (χ2v) is 9.02. The van der Waals surface area contributed by atoms with Gasteiger partial charge in [0.1, 0.15) is 11.3 Å². The molecule has 0 aliphatic carbocycles. The number of halogens is 2. The molecule has 5 rings (SSSR count). The summed E-state index contributed by atoms with van der Waals surface area (Å²) in [7, 11) is 1.54. The van der Waals surface area contributed by atoms with E-state index in [-0.39, 0.29) is 5.91 Å². The van der Waals surface area contributed by atoms with Crippen LogP contribution in [0.2, 0.25) is 5.02 Å². The number of oxazole rings is 1. The van der Waals surface area contributed by atoms with Crippen LogP contribution in [0.4, 0.5) is 5.69 Å². The molecule has 4 aromatic carbocycles. The smallest absolute Gasteiger partial charge is 0.259 e. The molecule has 1 amide bonds. The van der Waals surface area contributed by atoms with Crippen LogP contribution in [0.5, 0.6) is 5.75 Å². The van der Waals surface area contributed by atoms with Crippen LogP contribution in [0, 0.1) is 0 Å². The number of rotatable bonds is 5. The highest BCUT2D eigenvalue weighted by molar-refractivity contribution is 9.10. The SMILES string of the molecule is CCc1ccc2oc(-c3cc(NC(=O)c4cc5ccccc5c(Br)c4OC)ccc3Cl)nc2c1. The quantitative estimate of drug-likeness (QED) is 0.248. The molecule has 5 aromatic rings. The maximum atomic E-state index is 13.2. The molecule has 1 N–H and O–H groups in total. The van der Waals surface area contributed by atoms with Gasteiger partial charge in [-0.1, -0.05) is 48.9 Å². The van der Waals surface area contributed by atoms with Crippen molar-refractivity contribution in [1.82, 2.24) is 4.98 Å². The van der Waals surface area contributed by atoms with E-state index in [2.05, 4.69) is 33.2 Å². The van der Waals surface area contributed by atoms with E-state index < -0.39 is 0 Å². The topological polar surface area (TPSA) is 64.4 Å². The number of benzene rings is 4. The Morgan fingerprint density at radius 1 is 1.12 bits per heavy atom. The third-order valence-electron chi connectivity index (χ3n) is 5.70. The van der Waals surface area contributed by atoms with Crippen LogP contribution >= 0.6 is 27.5 Å². The van der Waals surface area contributed by atoms with Gasteiger partial charge in [0.15, 0.2) is 5.58 Å². The van der Waals surface area contributed by atoms with E-state index >= 15 is 0 Å². The third-order valence-corrected chi connectivity index (χ3v) is 6.82. The minimum atomic E-state index is -0.304. The van der Waals surface area contributed by atoms with Crippen molar-refractivity contribution >= 4 is 61.0 Å². The first-order valence-electron chi connectivity index (χ1n) is 10.7. The fourth-order valence-corrected chi connectivity index (χ4v) is 4.86. The van der Waals surface area contributed by atoms with Crippen molar-refractivity contribution < 1.29 is 13.9 Å². The molecule has 0 fully saturated rings. The van der Waals surface area contributed by atoms with Crippen molar-refractivity contribution in [2.24, 2.45) is 0 Å². The van der Waals surface area contributed by atoms with Crippen LogP contribution in [0.1, 0.15) is 22.8 Å². The minimum Gasteiger partial charge on any atom is -0.495 e. The fraction of sp³-hybridized carbons (Fsp3) is 0.111. The zero-order valence-corrected chi connectivity index (χ0v) is 20.8. The number of aryl methyl sites for hydroxylation is 1. The number of nitrogens with one attached hydrogen (secondary N) is 1. The number of carbonyl (C=O) groups is 1. The van der Waals surface area contributed by atoms with Crippen LogP contribution in [0.25, 0.3) is 33.3 Å². The lowest BCUT2D eigenvalue weighted by Crippen LogP contribution is -2.13. The molecule has 5 nitrogen and oxygen atoms in total. The molecule has 0 bridgehead atoms. The van der Waals surface area contributed by atoms with Crippen molar-refractivity contribution in [2.45, 2.75) is 13.3 Å². The Morgan fingerprint density at radius 3 is 2.74 bits per heavy atom. The number of methoxy groups -OCH3 is 1. The largest absolute Gasteiger partial charge is 0.495 e. The van der Waals surface area contributed by atoms with E-state index in [0.29, 0.717) is 39.1 Å². The standard InChI is InChI=1S/C27H20BrClN2O3/c1-3-15-8-11-23-22(12-15)31-27(34-23)19-14-17(9-10-21(19)29)30-26(32)20-13-16-6-4-5-7-18(16)24(28)25(20)33-2/h4-14H,3H2,1-2H3,(H,30,32). The minimum absolute atomic E-state index is 0.304. The van der Waals surface area contributed by atoms with Crippen molar-refractivity contribution in [3.8, 4) is 17.2 Å². The predicted molar refractivity (Wildman–Crippen MR) is 140 cm³/mol. The molecule has 0 aliphatic rings. The molecule has 0 unspecified atom stereocenters. The molecule has 1 heterocycles. The van der Waals surface area contributed by atoms with Gasteiger partial charge in [-0.25, -0.2) is 4.98 Å². The van der Waals surface area contributed by atoms with Gasteiger partial charge in [0.05, 0.1) is 27.7 Å². The zero-order valence-electron chi connectivity index (χ0n) is 18.5.